The molecule has 0 aromatic heterocycles. The fourth-order valence-electron chi connectivity index (χ4n) is 2.49. The van der Waals surface area contributed by atoms with Crippen molar-refractivity contribution in [1.82, 2.24) is 0 Å². The van der Waals surface area contributed by atoms with Gasteiger partial charge in [0.2, 0.25) is 0 Å². The van der Waals surface area contributed by atoms with Crippen LogP contribution in [0.5, 0.6) is 11.5 Å². The van der Waals surface area contributed by atoms with Crippen molar-refractivity contribution in [2.24, 2.45) is 0 Å². The number of hydrogen-bond acceptors (Lipinski definition) is 4. The maximum Gasteiger partial charge on any atom is 0.198 e. The number of fused-ring (bicyclic) bond motifs is 1. The minimum atomic E-state index is -0.470. The van der Waals surface area contributed by atoms with Crippen LogP contribution >= 0.6 is 0 Å². The van der Waals surface area contributed by atoms with E-state index in [2.05, 4.69) is 0 Å². The van der Waals surface area contributed by atoms with E-state index in [4.69, 9.17) is 0 Å². The van der Waals surface area contributed by atoms with Crippen LogP contribution in [0.4, 0.5) is 0 Å². The zero-order chi connectivity index (χ0) is 14.3. The standard InChI is InChI=1S/C16H12O4/c17-11-6-7-12(18)15-14(11)13(19)8-10(16(15)20)9-4-2-1-3-5-9/h2,4-8,17-18H,1,3H2. The van der Waals surface area contributed by atoms with Gasteiger partial charge in [-0.1, -0.05) is 18.2 Å². The largest absolute Gasteiger partial charge is 0.507 e. The van der Waals surface area contributed by atoms with Gasteiger partial charge in [0, 0.05) is 5.57 Å². The fraction of sp³-hybridized carbons (Fsp3) is 0.125. The third-order valence-corrected chi connectivity index (χ3v) is 3.46. The van der Waals surface area contributed by atoms with Crippen molar-refractivity contribution in [3.63, 3.8) is 0 Å². The van der Waals surface area contributed by atoms with E-state index in [1.165, 1.54) is 18.2 Å². The Hall–Kier alpha value is -2.62. The Bertz CT molecular complexity index is 720. The van der Waals surface area contributed by atoms with Crippen molar-refractivity contribution >= 4 is 11.6 Å². The van der Waals surface area contributed by atoms with Crippen LogP contribution in [0.2, 0.25) is 0 Å². The van der Waals surface area contributed by atoms with Gasteiger partial charge in [-0.05, 0) is 36.6 Å². The molecule has 2 aliphatic carbocycles. The summed E-state index contributed by atoms with van der Waals surface area (Å²) >= 11 is 0. The maximum absolute atomic E-state index is 12.5. The monoisotopic (exact) mass is 268 g/mol. The van der Waals surface area contributed by atoms with Gasteiger partial charge >= 0.3 is 0 Å². The molecule has 0 saturated carbocycles. The quantitative estimate of drug-likeness (QED) is 0.768. The van der Waals surface area contributed by atoms with Crippen molar-refractivity contribution in [3.05, 3.63) is 58.7 Å². The predicted octanol–water partition coefficient (Wildman–Crippen LogP) is 2.68. The third kappa shape index (κ3) is 1.77. The highest BCUT2D eigenvalue weighted by Gasteiger charge is 2.31. The first-order chi connectivity index (χ1) is 9.59. The van der Waals surface area contributed by atoms with E-state index in [0.29, 0.717) is 5.57 Å². The number of carbonyl (C=O) groups is 2. The molecule has 0 aliphatic heterocycles. The average molecular weight is 268 g/mol. The van der Waals surface area contributed by atoms with E-state index in [1.54, 1.807) is 6.08 Å². The zero-order valence-electron chi connectivity index (χ0n) is 10.6. The highest BCUT2D eigenvalue weighted by atomic mass is 16.3. The van der Waals surface area contributed by atoms with E-state index in [1.807, 2.05) is 12.2 Å². The third-order valence-electron chi connectivity index (χ3n) is 3.46. The van der Waals surface area contributed by atoms with Crippen molar-refractivity contribution in [2.45, 2.75) is 12.8 Å². The summed E-state index contributed by atoms with van der Waals surface area (Å²) in [5.41, 5.74) is 0.703. The van der Waals surface area contributed by atoms with Crippen LogP contribution in [0.1, 0.15) is 33.6 Å². The van der Waals surface area contributed by atoms with Crippen LogP contribution in [0.3, 0.4) is 0 Å². The lowest BCUT2D eigenvalue weighted by atomic mass is 9.84. The minimum absolute atomic E-state index is 0.118. The summed E-state index contributed by atoms with van der Waals surface area (Å²) in [7, 11) is 0. The Morgan fingerprint density at radius 1 is 0.950 bits per heavy atom. The number of aromatic hydroxyl groups is 2. The van der Waals surface area contributed by atoms with Gasteiger partial charge in [-0.2, -0.15) is 0 Å². The molecule has 4 nitrogen and oxygen atoms in total. The van der Waals surface area contributed by atoms with E-state index >= 15 is 0 Å². The van der Waals surface area contributed by atoms with E-state index in [-0.39, 0.29) is 28.2 Å². The van der Waals surface area contributed by atoms with Crippen molar-refractivity contribution in [3.8, 4) is 11.5 Å². The summed E-state index contributed by atoms with van der Waals surface area (Å²) in [4.78, 5) is 24.6. The Balaban J connectivity index is 2.18. The molecule has 3 rings (SSSR count). The van der Waals surface area contributed by atoms with Crippen molar-refractivity contribution in [1.29, 1.82) is 0 Å². The molecule has 1 aromatic rings. The molecule has 0 bridgehead atoms. The molecule has 100 valence electrons. The molecule has 0 saturated heterocycles. The number of ketones is 2. The summed E-state index contributed by atoms with van der Waals surface area (Å²) in [6.07, 6.45) is 8.56. The Kier molecular flexibility index (Phi) is 2.79. The van der Waals surface area contributed by atoms with E-state index < -0.39 is 11.6 Å². The van der Waals surface area contributed by atoms with Gasteiger partial charge in [-0.3, -0.25) is 9.59 Å². The van der Waals surface area contributed by atoms with Crippen LogP contribution in [-0.4, -0.2) is 21.8 Å². The summed E-state index contributed by atoms with van der Waals surface area (Å²) in [6, 6.07) is 2.42. The molecule has 2 aliphatic rings. The molecule has 0 fully saturated rings. The summed E-state index contributed by atoms with van der Waals surface area (Å²) < 4.78 is 0. The molecule has 0 radical (unpaired) electrons. The fourth-order valence-corrected chi connectivity index (χ4v) is 2.49. The highest BCUT2D eigenvalue weighted by Crippen LogP contribution is 2.36. The smallest absolute Gasteiger partial charge is 0.198 e. The van der Waals surface area contributed by atoms with Gasteiger partial charge in [0.25, 0.3) is 0 Å². The Labute approximate surface area is 115 Å². The lowest BCUT2D eigenvalue weighted by Gasteiger charge is -2.18. The van der Waals surface area contributed by atoms with Gasteiger partial charge in [-0.25, -0.2) is 0 Å². The van der Waals surface area contributed by atoms with Gasteiger partial charge in [0.05, 0.1) is 11.1 Å². The number of allylic oxidation sites excluding steroid dienone is 6. The Morgan fingerprint density at radius 3 is 2.30 bits per heavy atom. The SMILES string of the molecule is O=C1C=C(C2=CCCC=C2)C(=O)c2c(O)ccc(O)c21. The molecular formula is C16H12O4. The first kappa shape index (κ1) is 12.4. The number of phenolic OH excluding ortho intramolecular Hbond substituents is 2. The summed E-state index contributed by atoms with van der Waals surface area (Å²) in [5, 5.41) is 19.6. The predicted molar refractivity (Wildman–Crippen MR) is 73.0 cm³/mol. The van der Waals surface area contributed by atoms with Crippen LogP contribution in [-0.2, 0) is 0 Å². The Morgan fingerprint density at radius 2 is 1.65 bits per heavy atom. The molecule has 0 amide bonds. The van der Waals surface area contributed by atoms with Gasteiger partial charge in [0.15, 0.2) is 11.6 Å². The molecular weight excluding hydrogens is 256 g/mol. The summed E-state index contributed by atoms with van der Waals surface area (Å²) in [5.74, 6) is -1.49. The average Bonchev–Trinajstić information content (AvgIpc) is 2.46. The number of phenols is 2. The minimum Gasteiger partial charge on any atom is -0.507 e. The van der Waals surface area contributed by atoms with E-state index in [0.717, 1.165) is 12.8 Å². The second-order valence-corrected chi connectivity index (χ2v) is 4.74. The van der Waals surface area contributed by atoms with Gasteiger partial charge in [-0.15, -0.1) is 0 Å². The van der Waals surface area contributed by atoms with Crippen LogP contribution in [0, 0.1) is 0 Å². The van der Waals surface area contributed by atoms with Crippen molar-refractivity contribution in [2.75, 3.05) is 0 Å². The number of carbonyl (C=O) groups excluding carboxylic acids is 2. The summed E-state index contributed by atoms with van der Waals surface area (Å²) in [6.45, 7) is 0. The van der Waals surface area contributed by atoms with E-state index in [9.17, 15) is 19.8 Å². The van der Waals surface area contributed by atoms with Gasteiger partial charge in [0.1, 0.15) is 11.5 Å². The van der Waals surface area contributed by atoms with Crippen LogP contribution in [0.25, 0.3) is 0 Å². The number of hydrogen-bond donors (Lipinski definition) is 2. The number of Topliss-reactive ketones (excluding diaryl/α,β-unsaturated/α-hetero) is 1. The molecule has 4 heteroatoms. The lowest BCUT2D eigenvalue weighted by molar-refractivity contribution is 0.0981. The number of rotatable bonds is 1. The molecule has 0 unspecified atom stereocenters. The molecule has 0 heterocycles. The number of benzene rings is 1. The molecule has 2 N–H and O–H groups in total. The zero-order valence-corrected chi connectivity index (χ0v) is 10.6. The topological polar surface area (TPSA) is 74.6 Å². The molecule has 20 heavy (non-hydrogen) atoms. The van der Waals surface area contributed by atoms with Crippen molar-refractivity contribution < 1.29 is 19.8 Å². The molecule has 0 spiro atoms. The second kappa shape index (κ2) is 4.49. The van der Waals surface area contributed by atoms with Crippen LogP contribution in [0.15, 0.2) is 47.6 Å². The molecule has 0 atom stereocenters. The lowest BCUT2D eigenvalue weighted by Crippen LogP contribution is -2.18. The first-order valence-corrected chi connectivity index (χ1v) is 6.32. The molecule has 1 aromatic carbocycles. The second-order valence-electron chi connectivity index (χ2n) is 4.74. The maximum atomic E-state index is 12.5. The normalized spacial score (nSPS) is 17.6. The van der Waals surface area contributed by atoms with Gasteiger partial charge < -0.3 is 10.2 Å². The highest BCUT2D eigenvalue weighted by molar-refractivity contribution is 6.28. The first-order valence-electron chi connectivity index (χ1n) is 6.32. The van der Waals surface area contributed by atoms with Crippen LogP contribution < -0.4 is 0 Å².